The first-order valence-electron chi connectivity index (χ1n) is 5.37. The zero-order valence-corrected chi connectivity index (χ0v) is 12.4. The lowest BCUT2D eigenvalue weighted by Crippen LogP contribution is -2.43. The van der Waals surface area contributed by atoms with Gasteiger partial charge in [-0.1, -0.05) is 13.8 Å². The number of aliphatic carboxylic acids is 1. The van der Waals surface area contributed by atoms with Crippen LogP contribution in [-0.4, -0.2) is 23.0 Å². The molecular weight excluding hydrogens is 318 g/mol. The van der Waals surface area contributed by atoms with Crippen molar-refractivity contribution < 1.29 is 14.7 Å². The summed E-state index contributed by atoms with van der Waals surface area (Å²) in [5.41, 5.74) is 0. The van der Waals surface area contributed by atoms with Crippen molar-refractivity contribution in [3.8, 4) is 0 Å². The molecule has 0 saturated carbocycles. The van der Waals surface area contributed by atoms with Gasteiger partial charge in [-0.25, -0.2) is 4.79 Å². The van der Waals surface area contributed by atoms with Crippen molar-refractivity contribution in [2.75, 3.05) is 0 Å². The lowest BCUT2D eigenvalue weighted by molar-refractivity contribution is -0.142. The van der Waals surface area contributed by atoms with Crippen LogP contribution in [0.5, 0.6) is 0 Å². The maximum Gasteiger partial charge on any atom is 0.326 e. The smallest absolute Gasteiger partial charge is 0.326 e. The van der Waals surface area contributed by atoms with E-state index in [-0.39, 0.29) is 5.92 Å². The van der Waals surface area contributed by atoms with E-state index >= 15 is 0 Å². The number of hydrogen-bond acceptors (Lipinski definition) is 3. The van der Waals surface area contributed by atoms with Gasteiger partial charge in [0.2, 0.25) is 5.91 Å². The van der Waals surface area contributed by atoms with E-state index in [1.165, 1.54) is 17.4 Å². The Hall–Kier alpha value is -1.14. The number of amides is 1. The van der Waals surface area contributed by atoms with Crippen molar-refractivity contribution in [2.45, 2.75) is 19.9 Å². The van der Waals surface area contributed by atoms with Crippen LogP contribution in [0.4, 0.5) is 0 Å². The third-order valence-electron chi connectivity index (χ3n) is 2.22. The summed E-state index contributed by atoms with van der Waals surface area (Å²) in [4.78, 5) is 23.4. The Balaban J connectivity index is 2.60. The highest BCUT2D eigenvalue weighted by molar-refractivity contribution is 9.11. The Morgan fingerprint density at radius 3 is 2.56 bits per heavy atom. The minimum atomic E-state index is -1.02. The zero-order chi connectivity index (χ0) is 13.7. The number of carbonyl (C=O) groups excluding carboxylic acids is 1. The molecule has 0 aromatic carbocycles. The van der Waals surface area contributed by atoms with E-state index in [1.807, 2.05) is 12.1 Å². The fourth-order valence-electron chi connectivity index (χ4n) is 1.29. The van der Waals surface area contributed by atoms with E-state index in [1.54, 1.807) is 19.9 Å². The lowest BCUT2D eigenvalue weighted by atomic mass is 10.0. The Bertz CT molecular complexity index is 468. The van der Waals surface area contributed by atoms with Gasteiger partial charge >= 0.3 is 5.97 Å². The van der Waals surface area contributed by atoms with Crippen LogP contribution >= 0.6 is 27.3 Å². The largest absolute Gasteiger partial charge is 0.480 e. The monoisotopic (exact) mass is 331 g/mol. The third kappa shape index (κ3) is 4.62. The summed E-state index contributed by atoms with van der Waals surface area (Å²) in [6.45, 7) is 3.50. The first kappa shape index (κ1) is 14.9. The van der Waals surface area contributed by atoms with Crippen molar-refractivity contribution in [3.05, 3.63) is 26.9 Å². The van der Waals surface area contributed by atoms with Crippen molar-refractivity contribution in [2.24, 2.45) is 5.92 Å². The fourth-order valence-corrected chi connectivity index (χ4v) is 2.62. The molecule has 6 heteroatoms. The molecule has 0 radical (unpaired) electrons. The average Bonchev–Trinajstić information content (AvgIpc) is 2.68. The Morgan fingerprint density at radius 2 is 2.11 bits per heavy atom. The molecule has 0 saturated heterocycles. The predicted molar refractivity (Wildman–Crippen MR) is 75.5 cm³/mol. The molecule has 1 amide bonds. The molecule has 0 fully saturated rings. The van der Waals surface area contributed by atoms with Gasteiger partial charge in [0.25, 0.3) is 0 Å². The molecule has 1 aromatic heterocycles. The molecule has 0 bridgehead atoms. The summed E-state index contributed by atoms with van der Waals surface area (Å²) in [5, 5.41) is 11.4. The van der Waals surface area contributed by atoms with Crippen molar-refractivity contribution in [3.63, 3.8) is 0 Å². The fraction of sp³-hybridized carbons (Fsp3) is 0.333. The third-order valence-corrected chi connectivity index (χ3v) is 3.81. The summed E-state index contributed by atoms with van der Waals surface area (Å²) in [7, 11) is 0. The molecule has 0 aliphatic rings. The van der Waals surface area contributed by atoms with Gasteiger partial charge in [0.05, 0.1) is 3.79 Å². The molecule has 2 N–H and O–H groups in total. The molecule has 0 aliphatic heterocycles. The maximum atomic E-state index is 11.6. The highest BCUT2D eigenvalue weighted by Crippen LogP contribution is 2.22. The minimum absolute atomic E-state index is 0.157. The van der Waals surface area contributed by atoms with Crippen LogP contribution < -0.4 is 5.32 Å². The van der Waals surface area contributed by atoms with Gasteiger partial charge in [-0.05, 0) is 40.1 Å². The number of rotatable bonds is 5. The molecule has 18 heavy (non-hydrogen) atoms. The number of carbonyl (C=O) groups is 2. The quantitative estimate of drug-likeness (QED) is 0.815. The molecule has 1 atom stereocenters. The Kier molecular flexibility index (Phi) is 5.55. The van der Waals surface area contributed by atoms with Crippen LogP contribution in [0.1, 0.15) is 18.7 Å². The topological polar surface area (TPSA) is 66.4 Å². The standard InChI is InChI=1S/C12H14BrNO3S/c1-7(2)11(12(16)17)14-10(15)6-4-8-3-5-9(13)18-8/h3-7,11H,1-2H3,(H,14,15)(H,16,17)/b6-4+. The van der Waals surface area contributed by atoms with Crippen LogP contribution in [0.15, 0.2) is 22.0 Å². The van der Waals surface area contributed by atoms with Gasteiger partial charge in [-0.3, -0.25) is 4.79 Å². The second-order valence-corrected chi connectivity index (χ2v) is 6.54. The second kappa shape index (κ2) is 6.70. The number of carboxylic acids is 1. The van der Waals surface area contributed by atoms with Gasteiger partial charge in [0.1, 0.15) is 6.04 Å². The van der Waals surface area contributed by atoms with Gasteiger partial charge in [-0.15, -0.1) is 11.3 Å². The van der Waals surface area contributed by atoms with E-state index in [0.29, 0.717) is 0 Å². The van der Waals surface area contributed by atoms with Crippen LogP contribution in [0.3, 0.4) is 0 Å². The SMILES string of the molecule is CC(C)C(NC(=O)/C=C/c1ccc(Br)s1)C(=O)O. The molecule has 0 spiro atoms. The molecule has 4 nitrogen and oxygen atoms in total. The van der Waals surface area contributed by atoms with Crippen molar-refractivity contribution in [1.29, 1.82) is 0 Å². The van der Waals surface area contributed by atoms with Crippen molar-refractivity contribution >= 4 is 45.2 Å². The molecule has 1 unspecified atom stereocenters. The van der Waals surface area contributed by atoms with Crippen LogP contribution in [0, 0.1) is 5.92 Å². The first-order chi connectivity index (χ1) is 8.40. The van der Waals surface area contributed by atoms with Gasteiger partial charge in [-0.2, -0.15) is 0 Å². The number of hydrogen-bond donors (Lipinski definition) is 2. The van der Waals surface area contributed by atoms with E-state index in [2.05, 4.69) is 21.2 Å². The van der Waals surface area contributed by atoms with E-state index in [0.717, 1.165) is 8.66 Å². The first-order valence-corrected chi connectivity index (χ1v) is 6.98. The Morgan fingerprint density at radius 1 is 1.44 bits per heavy atom. The predicted octanol–water partition coefficient (Wildman–Crippen LogP) is 2.75. The summed E-state index contributed by atoms with van der Waals surface area (Å²) in [6.07, 6.45) is 3.00. The van der Waals surface area contributed by atoms with E-state index in [4.69, 9.17) is 5.11 Å². The Labute approximate surface area is 118 Å². The molecule has 1 aromatic rings. The van der Waals surface area contributed by atoms with Crippen LogP contribution in [0.25, 0.3) is 6.08 Å². The highest BCUT2D eigenvalue weighted by atomic mass is 79.9. The number of nitrogens with one attached hydrogen (secondary N) is 1. The number of thiophene rings is 1. The average molecular weight is 332 g/mol. The molecule has 1 heterocycles. The van der Waals surface area contributed by atoms with Gasteiger partial charge in [0, 0.05) is 11.0 Å². The number of halogens is 1. The lowest BCUT2D eigenvalue weighted by Gasteiger charge is -2.16. The molecule has 1 rings (SSSR count). The maximum absolute atomic E-state index is 11.6. The molecule has 0 aliphatic carbocycles. The number of carboxylic acid groups (broad SMARTS) is 1. The zero-order valence-electron chi connectivity index (χ0n) is 10.0. The van der Waals surface area contributed by atoms with Gasteiger partial charge < -0.3 is 10.4 Å². The summed E-state index contributed by atoms with van der Waals surface area (Å²) >= 11 is 4.82. The molecule has 98 valence electrons. The summed E-state index contributed by atoms with van der Waals surface area (Å²) in [5.74, 6) is -1.58. The highest BCUT2D eigenvalue weighted by Gasteiger charge is 2.22. The summed E-state index contributed by atoms with van der Waals surface area (Å²) < 4.78 is 0.980. The normalized spacial score (nSPS) is 12.9. The second-order valence-electron chi connectivity index (χ2n) is 4.04. The van der Waals surface area contributed by atoms with Crippen LogP contribution in [0.2, 0.25) is 0 Å². The van der Waals surface area contributed by atoms with Crippen molar-refractivity contribution in [1.82, 2.24) is 5.32 Å². The van der Waals surface area contributed by atoms with E-state index in [9.17, 15) is 9.59 Å². The van der Waals surface area contributed by atoms with Gasteiger partial charge in [0.15, 0.2) is 0 Å². The van der Waals surface area contributed by atoms with E-state index < -0.39 is 17.9 Å². The molecular formula is C12H14BrNO3S. The minimum Gasteiger partial charge on any atom is -0.480 e. The van der Waals surface area contributed by atoms with Crippen LogP contribution in [-0.2, 0) is 9.59 Å². The summed E-state index contributed by atoms with van der Waals surface area (Å²) in [6, 6.07) is 2.89.